The molecule has 2 N–H and O–H groups in total. The zero-order valence-corrected chi connectivity index (χ0v) is 13.2. The molecule has 5 heteroatoms. The van der Waals surface area contributed by atoms with E-state index in [4.69, 9.17) is 5.11 Å². The molecule has 1 aromatic rings. The minimum Gasteiger partial charge on any atom is -0.481 e. The largest absolute Gasteiger partial charge is 0.481 e. The summed E-state index contributed by atoms with van der Waals surface area (Å²) in [4.78, 5) is 23.3. The van der Waals surface area contributed by atoms with Gasteiger partial charge in [0, 0.05) is 17.7 Å². The first-order chi connectivity index (χ1) is 10.1. The van der Waals surface area contributed by atoms with E-state index in [-0.39, 0.29) is 12.3 Å². The number of thioether (sulfide) groups is 1. The molecule has 0 fully saturated rings. The van der Waals surface area contributed by atoms with Crippen molar-refractivity contribution in [3.05, 3.63) is 24.3 Å². The molecule has 0 aliphatic carbocycles. The zero-order chi connectivity index (χ0) is 15.5. The van der Waals surface area contributed by atoms with E-state index < -0.39 is 5.97 Å². The summed E-state index contributed by atoms with van der Waals surface area (Å²) in [7, 11) is 0. The number of nitrogens with one attached hydrogen (secondary N) is 1. The SMILES string of the molecule is CSc1ccccc1NC(=O)CCCCCCCC(=O)O. The summed E-state index contributed by atoms with van der Waals surface area (Å²) in [5, 5.41) is 11.5. The van der Waals surface area contributed by atoms with Crippen LogP contribution >= 0.6 is 11.8 Å². The molecule has 1 aromatic carbocycles. The summed E-state index contributed by atoms with van der Waals surface area (Å²) >= 11 is 1.61. The lowest BCUT2D eigenvalue weighted by atomic mass is 10.1. The molecule has 0 aliphatic rings. The highest BCUT2D eigenvalue weighted by molar-refractivity contribution is 7.98. The standard InChI is InChI=1S/C16H23NO3S/c1-21-14-10-8-7-9-13(14)17-15(18)11-5-3-2-4-6-12-16(19)20/h7-10H,2-6,11-12H2,1H3,(H,17,18)(H,19,20). The van der Waals surface area contributed by atoms with Gasteiger partial charge in [0.25, 0.3) is 0 Å². The molecule has 0 atom stereocenters. The van der Waals surface area contributed by atoms with Crippen molar-refractivity contribution in [2.45, 2.75) is 49.8 Å². The van der Waals surface area contributed by atoms with E-state index in [2.05, 4.69) is 5.32 Å². The Bertz CT molecular complexity index is 463. The van der Waals surface area contributed by atoms with Crippen molar-refractivity contribution in [1.82, 2.24) is 0 Å². The number of aliphatic carboxylic acids is 1. The monoisotopic (exact) mass is 309 g/mol. The van der Waals surface area contributed by atoms with Crippen LogP contribution in [0.4, 0.5) is 5.69 Å². The van der Waals surface area contributed by atoms with Crippen LogP contribution in [0, 0.1) is 0 Å². The molecule has 0 heterocycles. The molecule has 0 aliphatic heterocycles. The molecular weight excluding hydrogens is 286 g/mol. The van der Waals surface area contributed by atoms with Gasteiger partial charge >= 0.3 is 5.97 Å². The highest BCUT2D eigenvalue weighted by Crippen LogP contribution is 2.24. The number of para-hydroxylation sites is 1. The van der Waals surface area contributed by atoms with Crippen LogP contribution in [-0.2, 0) is 9.59 Å². The van der Waals surface area contributed by atoms with Crippen LogP contribution in [0.5, 0.6) is 0 Å². The van der Waals surface area contributed by atoms with Gasteiger partial charge in [0.15, 0.2) is 0 Å². The number of carboxylic acid groups (broad SMARTS) is 1. The Morgan fingerprint density at radius 1 is 1.05 bits per heavy atom. The molecule has 0 unspecified atom stereocenters. The van der Waals surface area contributed by atoms with Crippen molar-refractivity contribution in [1.29, 1.82) is 0 Å². The summed E-state index contributed by atoms with van der Waals surface area (Å²) < 4.78 is 0. The first-order valence-electron chi connectivity index (χ1n) is 7.28. The predicted octanol–water partition coefficient (Wildman–Crippen LogP) is 4.16. The summed E-state index contributed by atoms with van der Waals surface area (Å²) in [5.41, 5.74) is 0.872. The Balaban J connectivity index is 2.15. The average molecular weight is 309 g/mol. The van der Waals surface area contributed by atoms with E-state index in [1.165, 1.54) is 0 Å². The van der Waals surface area contributed by atoms with Gasteiger partial charge in [-0.2, -0.15) is 0 Å². The number of benzene rings is 1. The van der Waals surface area contributed by atoms with Crippen LogP contribution in [0.3, 0.4) is 0 Å². The van der Waals surface area contributed by atoms with Crippen LogP contribution in [0.25, 0.3) is 0 Å². The molecule has 4 nitrogen and oxygen atoms in total. The van der Waals surface area contributed by atoms with Crippen LogP contribution < -0.4 is 5.32 Å². The first-order valence-corrected chi connectivity index (χ1v) is 8.50. The van der Waals surface area contributed by atoms with Gasteiger partial charge in [-0.3, -0.25) is 9.59 Å². The van der Waals surface area contributed by atoms with Crippen molar-refractivity contribution in [3.8, 4) is 0 Å². The maximum Gasteiger partial charge on any atom is 0.303 e. The van der Waals surface area contributed by atoms with Gasteiger partial charge in [-0.05, 0) is 31.2 Å². The molecule has 0 aromatic heterocycles. The zero-order valence-electron chi connectivity index (χ0n) is 12.4. The fourth-order valence-corrected chi connectivity index (χ4v) is 2.61. The van der Waals surface area contributed by atoms with Gasteiger partial charge in [0.1, 0.15) is 0 Å². The number of carboxylic acids is 1. The van der Waals surface area contributed by atoms with Crippen LogP contribution in [0.2, 0.25) is 0 Å². The Kier molecular flexibility index (Phi) is 8.59. The second kappa shape index (κ2) is 10.3. The van der Waals surface area contributed by atoms with Crippen LogP contribution in [0.15, 0.2) is 29.2 Å². The first kappa shape index (κ1) is 17.6. The van der Waals surface area contributed by atoms with E-state index in [9.17, 15) is 9.59 Å². The van der Waals surface area contributed by atoms with E-state index in [1.807, 2.05) is 30.5 Å². The number of rotatable bonds is 10. The number of hydrogen-bond donors (Lipinski definition) is 2. The Hall–Kier alpha value is -1.49. The molecule has 116 valence electrons. The van der Waals surface area contributed by atoms with Crippen LogP contribution in [-0.4, -0.2) is 23.2 Å². The Morgan fingerprint density at radius 2 is 1.67 bits per heavy atom. The number of anilines is 1. The maximum absolute atomic E-state index is 11.9. The van der Waals surface area contributed by atoms with E-state index in [1.54, 1.807) is 11.8 Å². The van der Waals surface area contributed by atoms with Crippen molar-refractivity contribution >= 4 is 29.3 Å². The molecule has 21 heavy (non-hydrogen) atoms. The van der Waals surface area contributed by atoms with E-state index >= 15 is 0 Å². The third-order valence-corrected chi connectivity index (χ3v) is 3.97. The quantitative estimate of drug-likeness (QED) is 0.503. The van der Waals surface area contributed by atoms with Gasteiger partial charge in [-0.25, -0.2) is 0 Å². The van der Waals surface area contributed by atoms with Gasteiger partial charge in [0.2, 0.25) is 5.91 Å². The fraction of sp³-hybridized carbons (Fsp3) is 0.500. The van der Waals surface area contributed by atoms with Crippen LogP contribution in [0.1, 0.15) is 44.9 Å². The molecule has 0 saturated heterocycles. The Morgan fingerprint density at radius 3 is 2.33 bits per heavy atom. The summed E-state index contributed by atoms with van der Waals surface area (Å²) in [5.74, 6) is -0.691. The molecule has 0 radical (unpaired) electrons. The van der Waals surface area contributed by atoms with Crippen molar-refractivity contribution in [2.75, 3.05) is 11.6 Å². The summed E-state index contributed by atoms with van der Waals surface area (Å²) in [6, 6.07) is 7.77. The normalized spacial score (nSPS) is 10.3. The molecular formula is C16H23NO3S. The maximum atomic E-state index is 11.9. The number of carbonyl (C=O) groups is 2. The minimum absolute atomic E-state index is 0.0436. The van der Waals surface area contributed by atoms with Crippen molar-refractivity contribution < 1.29 is 14.7 Å². The minimum atomic E-state index is -0.734. The molecule has 0 spiro atoms. The molecule has 0 bridgehead atoms. The highest BCUT2D eigenvalue weighted by atomic mass is 32.2. The van der Waals surface area contributed by atoms with Gasteiger partial charge in [0.05, 0.1) is 5.69 Å². The van der Waals surface area contributed by atoms with Gasteiger partial charge in [-0.15, -0.1) is 11.8 Å². The predicted molar refractivity (Wildman–Crippen MR) is 86.8 cm³/mol. The number of unbranched alkanes of at least 4 members (excludes halogenated alkanes) is 4. The molecule has 1 rings (SSSR count). The van der Waals surface area contributed by atoms with E-state index in [0.717, 1.165) is 42.7 Å². The molecule has 1 amide bonds. The smallest absolute Gasteiger partial charge is 0.303 e. The number of amides is 1. The highest BCUT2D eigenvalue weighted by Gasteiger charge is 2.05. The van der Waals surface area contributed by atoms with Gasteiger partial charge < -0.3 is 10.4 Å². The second-order valence-electron chi connectivity index (χ2n) is 4.91. The number of hydrogen-bond acceptors (Lipinski definition) is 3. The van der Waals surface area contributed by atoms with Crippen molar-refractivity contribution in [2.24, 2.45) is 0 Å². The second-order valence-corrected chi connectivity index (χ2v) is 5.76. The number of carbonyl (C=O) groups excluding carboxylic acids is 1. The third kappa shape index (κ3) is 7.75. The lowest BCUT2D eigenvalue weighted by molar-refractivity contribution is -0.137. The van der Waals surface area contributed by atoms with Crippen molar-refractivity contribution in [3.63, 3.8) is 0 Å². The summed E-state index contributed by atoms with van der Waals surface area (Å²) in [6.07, 6.45) is 7.20. The lowest BCUT2D eigenvalue weighted by Crippen LogP contribution is -2.11. The Labute approximate surface area is 130 Å². The summed E-state index contributed by atoms with van der Waals surface area (Å²) in [6.45, 7) is 0. The van der Waals surface area contributed by atoms with E-state index in [0.29, 0.717) is 6.42 Å². The van der Waals surface area contributed by atoms with Gasteiger partial charge in [-0.1, -0.05) is 31.4 Å². The fourth-order valence-electron chi connectivity index (χ4n) is 2.05. The third-order valence-electron chi connectivity index (χ3n) is 3.18. The topological polar surface area (TPSA) is 66.4 Å². The molecule has 0 saturated carbocycles. The average Bonchev–Trinajstić information content (AvgIpc) is 2.46. The lowest BCUT2D eigenvalue weighted by Gasteiger charge is -2.09.